The summed E-state index contributed by atoms with van der Waals surface area (Å²) in [5, 5.41) is 7.52. The number of likely N-dealkylation sites (tertiary alicyclic amines) is 1. The zero-order valence-corrected chi connectivity index (χ0v) is 38.7. The summed E-state index contributed by atoms with van der Waals surface area (Å²) in [6, 6.07) is 14.5. The maximum atomic E-state index is 14.3. The summed E-state index contributed by atoms with van der Waals surface area (Å²) >= 11 is 0. The first kappa shape index (κ1) is 45.9. The maximum absolute atomic E-state index is 14.3. The number of H-pyrrole nitrogens is 2. The molecule has 3 fully saturated rings. The normalized spacial score (nSPS) is 17.6. The van der Waals surface area contributed by atoms with Crippen LogP contribution in [-0.2, 0) is 23.8 Å². The number of nitrogens with zero attached hydrogens (tertiary/aromatic N) is 4. The minimum Gasteiger partial charge on any atom is -0.453 e. The Balaban J connectivity index is 1.06. The molecule has 0 spiro atoms. The monoisotopic (exact) mass is 896 g/mol. The molecule has 4 amide bonds. The topological polar surface area (TPSA) is 184 Å². The van der Waals surface area contributed by atoms with Crippen LogP contribution in [0, 0.1) is 23.7 Å². The Morgan fingerprint density at radius 1 is 0.955 bits per heavy atom. The van der Waals surface area contributed by atoms with E-state index < -0.39 is 30.3 Å². The number of alkyl carbamates (subject to hydrolysis) is 2. The number of fused-ring (bicyclic) bond motifs is 3. The molecule has 0 radical (unpaired) electrons. The molecule has 4 atom stereocenters. The Hall–Kier alpha value is -6.66. The predicted molar refractivity (Wildman–Crippen MR) is 252 cm³/mol. The van der Waals surface area contributed by atoms with Crippen LogP contribution in [0.1, 0.15) is 102 Å². The van der Waals surface area contributed by atoms with Gasteiger partial charge in [0.05, 0.1) is 49.2 Å². The van der Waals surface area contributed by atoms with Crippen molar-refractivity contribution in [2.75, 3.05) is 40.5 Å². The van der Waals surface area contributed by atoms with E-state index in [4.69, 9.17) is 24.2 Å². The highest BCUT2D eigenvalue weighted by Crippen LogP contribution is 2.37. The number of benzene rings is 3. The number of rotatable bonds is 13. The van der Waals surface area contributed by atoms with Gasteiger partial charge in [-0.3, -0.25) is 9.59 Å². The number of methoxy groups -OCH3 is 2. The van der Waals surface area contributed by atoms with Crippen molar-refractivity contribution in [3.8, 4) is 34.2 Å². The van der Waals surface area contributed by atoms with E-state index in [0.717, 1.165) is 87.4 Å². The molecule has 15 heteroatoms. The van der Waals surface area contributed by atoms with Gasteiger partial charge < -0.3 is 44.6 Å². The number of nitrogens with one attached hydrogen (secondary N) is 4. The second-order valence-corrected chi connectivity index (χ2v) is 17.8. The lowest BCUT2D eigenvalue weighted by molar-refractivity contribution is -0.138. The van der Waals surface area contributed by atoms with E-state index in [9.17, 15) is 19.2 Å². The molecule has 3 aliphatic rings. The van der Waals surface area contributed by atoms with E-state index in [1.165, 1.54) is 14.2 Å². The van der Waals surface area contributed by atoms with Gasteiger partial charge in [0.1, 0.15) is 23.7 Å². The van der Waals surface area contributed by atoms with Crippen molar-refractivity contribution < 1.29 is 33.4 Å². The molecule has 2 saturated heterocycles. The van der Waals surface area contributed by atoms with Gasteiger partial charge in [-0.25, -0.2) is 19.6 Å². The lowest BCUT2D eigenvalue weighted by Gasteiger charge is -2.36. The predicted octanol–water partition coefficient (Wildman–Crippen LogP) is 8.34. The van der Waals surface area contributed by atoms with Crippen LogP contribution in [-0.4, -0.2) is 106 Å². The maximum Gasteiger partial charge on any atom is 0.407 e. The van der Waals surface area contributed by atoms with Crippen molar-refractivity contribution in [3.63, 3.8) is 0 Å². The van der Waals surface area contributed by atoms with Crippen LogP contribution in [0.5, 0.6) is 0 Å². The van der Waals surface area contributed by atoms with Crippen molar-refractivity contribution in [2.45, 2.75) is 96.8 Å². The van der Waals surface area contributed by atoms with Gasteiger partial charge in [0.2, 0.25) is 11.8 Å². The van der Waals surface area contributed by atoms with E-state index in [2.05, 4.69) is 74.9 Å². The lowest BCUT2D eigenvalue weighted by atomic mass is 9.90. The third kappa shape index (κ3) is 10.1. The van der Waals surface area contributed by atoms with Gasteiger partial charge in [0.15, 0.2) is 0 Å². The van der Waals surface area contributed by atoms with Gasteiger partial charge in [0.25, 0.3) is 0 Å². The number of imidazole rings is 2. The fourth-order valence-corrected chi connectivity index (χ4v) is 9.18. The third-order valence-corrected chi connectivity index (χ3v) is 12.9. The smallest absolute Gasteiger partial charge is 0.407 e. The largest absolute Gasteiger partial charge is 0.453 e. The van der Waals surface area contributed by atoms with Crippen LogP contribution in [0.3, 0.4) is 0 Å². The van der Waals surface area contributed by atoms with Crippen molar-refractivity contribution in [3.05, 3.63) is 83.6 Å². The van der Waals surface area contributed by atoms with Crippen molar-refractivity contribution in [1.29, 1.82) is 0 Å². The highest BCUT2D eigenvalue weighted by Gasteiger charge is 2.38. The molecule has 5 aromatic rings. The number of carbonyl (C=O) groups excluding carboxylic acids is 4. The van der Waals surface area contributed by atoms with E-state index in [-0.39, 0.29) is 23.8 Å². The molecule has 3 aromatic carbocycles. The Morgan fingerprint density at radius 2 is 1.71 bits per heavy atom. The standard InChI is InChI=1S/C51H60N8O7/c1-7-22-58(49(61)44(57-51(63)65-6)33-20-24-66-25-21-33)31(4)46-52-29-42(54-46)37-15-17-38(34(28-37)13-12-32-10-11-32)35-14-18-39-36(27-35)16-19-40-45(39)56-47(53-40)43-9-8-23-59(43)48(60)41(26-30(2)3)55-50(62)64-5/h14-19,26-29,31-33,41,43-44H,7-11,20-25H2,1-6H3,(H,52,54)(H,53,56)(H,55,62)(H,57,63)/t31-,41-,43-,44-/m0/s1. The average molecular weight is 897 g/mol. The molecular formula is C51H60N8O7. The summed E-state index contributed by atoms with van der Waals surface area (Å²) in [4.78, 5) is 73.2. The summed E-state index contributed by atoms with van der Waals surface area (Å²) in [7, 11) is 2.59. The molecule has 0 bridgehead atoms. The van der Waals surface area contributed by atoms with E-state index in [1.807, 2.05) is 33.8 Å². The molecule has 2 aliphatic heterocycles. The van der Waals surface area contributed by atoms with Crippen LogP contribution in [0.25, 0.3) is 44.2 Å². The minimum absolute atomic E-state index is 0.0719. The van der Waals surface area contributed by atoms with Gasteiger partial charge in [0, 0.05) is 48.7 Å². The first-order chi connectivity index (χ1) is 32.0. The SMILES string of the molecule is CCCN(C(=O)[C@@H](NC(=O)OC)C1CCOCC1)[C@@H](C)c1ncc(-c2ccc(-c3ccc4c(ccc5[nH]c([C@@H]6CCCN6C(=O)[C@H](C=C(C)C)NC(=O)OC)nc54)c3)c(C#CC3CC3)c2)[nH]1. The number of aromatic nitrogens is 4. The molecule has 4 heterocycles. The van der Waals surface area contributed by atoms with Gasteiger partial charge in [-0.2, -0.15) is 0 Å². The quantitative estimate of drug-likeness (QED) is 0.0667. The summed E-state index contributed by atoms with van der Waals surface area (Å²) < 4.78 is 15.3. The molecule has 0 unspecified atom stereocenters. The number of hydrogen-bond acceptors (Lipinski definition) is 9. The molecule has 8 rings (SSSR count). The van der Waals surface area contributed by atoms with Crippen LogP contribution in [0.15, 0.2) is 66.4 Å². The minimum atomic E-state index is -0.848. The fourth-order valence-electron chi connectivity index (χ4n) is 9.18. The van der Waals surface area contributed by atoms with Crippen LogP contribution in [0.4, 0.5) is 9.59 Å². The molecule has 2 aromatic heterocycles. The van der Waals surface area contributed by atoms with Gasteiger partial charge in [-0.05, 0) is 106 Å². The van der Waals surface area contributed by atoms with Crippen LogP contribution < -0.4 is 10.6 Å². The van der Waals surface area contributed by atoms with Crippen molar-refractivity contribution in [1.82, 2.24) is 40.4 Å². The third-order valence-electron chi connectivity index (χ3n) is 12.9. The fraction of sp³-hybridized carbons (Fsp3) is 0.451. The average Bonchev–Trinajstić information content (AvgIpc) is 3.64. The molecule has 1 aliphatic carbocycles. The number of carbonyl (C=O) groups is 4. The molecular weight excluding hydrogens is 837 g/mol. The molecule has 15 nitrogen and oxygen atoms in total. The first-order valence-electron chi connectivity index (χ1n) is 23.1. The number of hydrogen-bond donors (Lipinski definition) is 4. The molecule has 66 heavy (non-hydrogen) atoms. The van der Waals surface area contributed by atoms with Gasteiger partial charge in [-0.1, -0.05) is 60.7 Å². The molecule has 346 valence electrons. The van der Waals surface area contributed by atoms with Crippen LogP contribution >= 0.6 is 0 Å². The Kier molecular flexibility index (Phi) is 14.1. The highest BCUT2D eigenvalue weighted by atomic mass is 16.5. The summed E-state index contributed by atoms with van der Waals surface area (Å²) in [5.41, 5.74) is 7.27. The lowest BCUT2D eigenvalue weighted by Crippen LogP contribution is -2.54. The summed E-state index contributed by atoms with van der Waals surface area (Å²) in [6.45, 7) is 9.88. The highest BCUT2D eigenvalue weighted by molar-refractivity contribution is 6.05. The summed E-state index contributed by atoms with van der Waals surface area (Å²) in [6.07, 6.45) is 8.08. The van der Waals surface area contributed by atoms with E-state index in [0.29, 0.717) is 56.7 Å². The summed E-state index contributed by atoms with van der Waals surface area (Å²) in [5.74, 6) is 8.29. The first-order valence-corrected chi connectivity index (χ1v) is 23.1. The molecule has 4 N–H and O–H groups in total. The zero-order valence-electron chi connectivity index (χ0n) is 38.7. The van der Waals surface area contributed by atoms with E-state index >= 15 is 0 Å². The van der Waals surface area contributed by atoms with Crippen molar-refractivity contribution in [2.24, 2.45) is 11.8 Å². The number of allylic oxidation sites excluding steroid dienone is 1. The second-order valence-electron chi connectivity index (χ2n) is 17.8. The Labute approximate surface area is 385 Å². The Morgan fingerprint density at radius 3 is 2.44 bits per heavy atom. The second kappa shape index (κ2) is 20.2. The van der Waals surface area contributed by atoms with Crippen LogP contribution in [0.2, 0.25) is 0 Å². The van der Waals surface area contributed by atoms with E-state index in [1.54, 1.807) is 22.1 Å². The van der Waals surface area contributed by atoms with Gasteiger partial charge in [-0.15, -0.1) is 0 Å². The molecule has 1 saturated carbocycles. The number of aromatic amines is 2. The van der Waals surface area contributed by atoms with Gasteiger partial charge >= 0.3 is 12.2 Å². The number of amides is 4. The zero-order chi connectivity index (χ0) is 46.5. The number of ether oxygens (including phenoxy) is 3. The Bertz CT molecular complexity index is 2700. The van der Waals surface area contributed by atoms with Crippen molar-refractivity contribution >= 4 is 45.8 Å².